The summed E-state index contributed by atoms with van der Waals surface area (Å²) < 4.78 is 27.4. The van der Waals surface area contributed by atoms with Crippen molar-refractivity contribution in [2.24, 2.45) is 0 Å². The number of carboxylic acid groups (broad SMARTS) is 1. The van der Waals surface area contributed by atoms with E-state index in [-0.39, 0.29) is 16.5 Å². The summed E-state index contributed by atoms with van der Waals surface area (Å²) in [7, 11) is -3.74. The zero-order chi connectivity index (χ0) is 15.6. The van der Waals surface area contributed by atoms with Crippen LogP contribution in [0.3, 0.4) is 0 Å². The minimum atomic E-state index is -3.74. The van der Waals surface area contributed by atoms with Gasteiger partial charge in [0.05, 0.1) is 11.3 Å². The SMILES string of the molecule is CC(C)NS(=O)(=O)c1cc(C(=O)O)ccc1N1CCCC1. The Morgan fingerprint density at radius 3 is 2.43 bits per heavy atom. The van der Waals surface area contributed by atoms with Crippen molar-refractivity contribution in [3.63, 3.8) is 0 Å². The quantitative estimate of drug-likeness (QED) is 0.863. The lowest BCUT2D eigenvalue weighted by molar-refractivity contribution is 0.0696. The Labute approximate surface area is 124 Å². The second-order valence-corrected chi connectivity index (χ2v) is 7.14. The largest absolute Gasteiger partial charge is 0.478 e. The van der Waals surface area contributed by atoms with Gasteiger partial charge in [-0.1, -0.05) is 0 Å². The molecule has 6 nitrogen and oxygen atoms in total. The molecule has 1 aliphatic rings. The first-order chi connectivity index (χ1) is 9.81. The van der Waals surface area contributed by atoms with E-state index < -0.39 is 16.0 Å². The van der Waals surface area contributed by atoms with Gasteiger partial charge >= 0.3 is 5.97 Å². The van der Waals surface area contributed by atoms with Crippen molar-refractivity contribution in [3.05, 3.63) is 23.8 Å². The van der Waals surface area contributed by atoms with Crippen LogP contribution in [0.5, 0.6) is 0 Å². The van der Waals surface area contributed by atoms with Gasteiger partial charge in [0, 0.05) is 19.1 Å². The highest BCUT2D eigenvalue weighted by atomic mass is 32.2. The van der Waals surface area contributed by atoms with Gasteiger partial charge in [-0.3, -0.25) is 0 Å². The number of benzene rings is 1. The Morgan fingerprint density at radius 2 is 1.90 bits per heavy atom. The molecule has 0 aromatic heterocycles. The average molecular weight is 312 g/mol. The standard InChI is InChI=1S/C14H20N2O4S/c1-10(2)15-21(19,20)13-9-11(14(17)18)5-6-12(13)16-7-3-4-8-16/h5-6,9-10,15H,3-4,7-8H2,1-2H3,(H,17,18). The number of hydrogen-bond acceptors (Lipinski definition) is 4. The maximum absolute atomic E-state index is 12.5. The fraction of sp³-hybridized carbons (Fsp3) is 0.500. The molecular weight excluding hydrogens is 292 g/mol. The molecule has 116 valence electrons. The van der Waals surface area contributed by atoms with Crippen molar-refractivity contribution >= 4 is 21.7 Å². The van der Waals surface area contributed by atoms with Crippen LogP contribution in [0, 0.1) is 0 Å². The number of aromatic carboxylic acids is 1. The molecule has 0 saturated carbocycles. The fourth-order valence-corrected chi connectivity index (χ4v) is 3.96. The van der Waals surface area contributed by atoms with Gasteiger partial charge in [0.2, 0.25) is 10.0 Å². The topological polar surface area (TPSA) is 86.7 Å². The summed E-state index contributed by atoms with van der Waals surface area (Å²) in [5, 5.41) is 9.08. The minimum Gasteiger partial charge on any atom is -0.478 e. The summed E-state index contributed by atoms with van der Waals surface area (Å²) in [4.78, 5) is 13.1. The van der Waals surface area contributed by atoms with Crippen LogP contribution in [0.25, 0.3) is 0 Å². The van der Waals surface area contributed by atoms with E-state index in [0.29, 0.717) is 5.69 Å². The number of rotatable bonds is 5. The molecule has 1 saturated heterocycles. The van der Waals surface area contributed by atoms with E-state index in [1.54, 1.807) is 19.9 Å². The maximum Gasteiger partial charge on any atom is 0.335 e. The van der Waals surface area contributed by atoms with Crippen LogP contribution in [-0.2, 0) is 10.0 Å². The third kappa shape index (κ3) is 3.54. The lowest BCUT2D eigenvalue weighted by atomic mass is 10.2. The van der Waals surface area contributed by atoms with Gasteiger partial charge in [0.25, 0.3) is 0 Å². The number of nitrogens with one attached hydrogen (secondary N) is 1. The molecule has 0 aliphatic carbocycles. The second kappa shape index (κ2) is 6.03. The zero-order valence-electron chi connectivity index (χ0n) is 12.2. The Hall–Kier alpha value is -1.60. The summed E-state index contributed by atoms with van der Waals surface area (Å²) in [6, 6.07) is 4.02. The lowest BCUT2D eigenvalue weighted by Crippen LogP contribution is -2.32. The normalized spacial score (nSPS) is 15.7. The van der Waals surface area contributed by atoms with Gasteiger partial charge in [-0.25, -0.2) is 17.9 Å². The van der Waals surface area contributed by atoms with Gasteiger partial charge in [-0.05, 0) is 44.9 Å². The number of nitrogens with zero attached hydrogens (tertiary/aromatic N) is 1. The van der Waals surface area contributed by atoms with Gasteiger partial charge < -0.3 is 10.0 Å². The van der Waals surface area contributed by atoms with E-state index in [0.717, 1.165) is 25.9 Å². The summed E-state index contributed by atoms with van der Waals surface area (Å²) >= 11 is 0. The number of carbonyl (C=O) groups is 1. The van der Waals surface area contributed by atoms with Gasteiger partial charge in [-0.2, -0.15) is 0 Å². The predicted octanol–water partition coefficient (Wildman–Crippen LogP) is 1.67. The number of carboxylic acids is 1. The molecule has 1 aliphatic heterocycles. The van der Waals surface area contributed by atoms with Gasteiger partial charge in [0.1, 0.15) is 4.90 Å². The van der Waals surface area contributed by atoms with E-state index in [4.69, 9.17) is 5.11 Å². The predicted molar refractivity (Wildman–Crippen MR) is 80.3 cm³/mol. The maximum atomic E-state index is 12.5. The molecule has 2 rings (SSSR count). The molecule has 7 heteroatoms. The van der Waals surface area contributed by atoms with E-state index >= 15 is 0 Å². The number of anilines is 1. The lowest BCUT2D eigenvalue weighted by Gasteiger charge is -2.22. The first-order valence-corrected chi connectivity index (χ1v) is 8.44. The summed E-state index contributed by atoms with van der Waals surface area (Å²) in [5.41, 5.74) is 0.549. The molecule has 0 radical (unpaired) electrons. The highest BCUT2D eigenvalue weighted by molar-refractivity contribution is 7.89. The molecule has 1 aromatic rings. The van der Waals surface area contributed by atoms with Crippen LogP contribution in [-0.4, -0.2) is 38.6 Å². The molecule has 1 heterocycles. The third-order valence-electron chi connectivity index (χ3n) is 3.33. The zero-order valence-corrected chi connectivity index (χ0v) is 13.0. The van der Waals surface area contributed by atoms with Gasteiger partial charge in [-0.15, -0.1) is 0 Å². The molecule has 0 bridgehead atoms. The van der Waals surface area contributed by atoms with Crippen molar-refractivity contribution in [3.8, 4) is 0 Å². The van der Waals surface area contributed by atoms with Crippen LogP contribution < -0.4 is 9.62 Å². The van der Waals surface area contributed by atoms with Crippen molar-refractivity contribution in [2.75, 3.05) is 18.0 Å². The highest BCUT2D eigenvalue weighted by Gasteiger charge is 2.25. The Bertz CT molecular complexity index is 634. The Kier molecular flexibility index (Phi) is 4.53. The summed E-state index contributed by atoms with van der Waals surface area (Å²) in [5.74, 6) is -1.14. The molecule has 0 spiro atoms. The van der Waals surface area contributed by atoms with Crippen molar-refractivity contribution in [1.82, 2.24) is 4.72 Å². The molecule has 0 atom stereocenters. The van der Waals surface area contributed by atoms with Crippen LogP contribution in [0.1, 0.15) is 37.0 Å². The van der Waals surface area contributed by atoms with E-state index in [2.05, 4.69) is 4.72 Å². The minimum absolute atomic E-state index is 0.0259. The summed E-state index contributed by atoms with van der Waals surface area (Å²) in [6.07, 6.45) is 2.02. The molecular formula is C14H20N2O4S. The van der Waals surface area contributed by atoms with E-state index in [1.807, 2.05) is 4.90 Å². The first-order valence-electron chi connectivity index (χ1n) is 6.96. The second-order valence-electron chi connectivity index (χ2n) is 5.46. The van der Waals surface area contributed by atoms with E-state index in [9.17, 15) is 13.2 Å². The molecule has 1 aromatic carbocycles. The molecule has 21 heavy (non-hydrogen) atoms. The fourth-order valence-electron chi connectivity index (χ4n) is 2.46. The third-order valence-corrected chi connectivity index (χ3v) is 5.02. The molecule has 0 amide bonds. The molecule has 2 N–H and O–H groups in total. The smallest absolute Gasteiger partial charge is 0.335 e. The summed E-state index contributed by atoms with van der Waals surface area (Å²) in [6.45, 7) is 5.04. The first kappa shape index (κ1) is 15.8. The average Bonchev–Trinajstić information content (AvgIpc) is 2.90. The molecule has 0 unspecified atom stereocenters. The Balaban J connectivity index is 2.53. The Morgan fingerprint density at radius 1 is 1.29 bits per heavy atom. The molecule has 1 fully saturated rings. The monoisotopic (exact) mass is 312 g/mol. The number of hydrogen-bond donors (Lipinski definition) is 2. The van der Waals surface area contributed by atoms with Crippen LogP contribution in [0.4, 0.5) is 5.69 Å². The van der Waals surface area contributed by atoms with E-state index in [1.165, 1.54) is 12.1 Å². The van der Waals surface area contributed by atoms with Crippen LogP contribution in [0.2, 0.25) is 0 Å². The van der Waals surface area contributed by atoms with Crippen molar-refractivity contribution in [1.29, 1.82) is 0 Å². The van der Waals surface area contributed by atoms with Crippen LogP contribution >= 0.6 is 0 Å². The van der Waals surface area contributed by atoms with Crippen molar-refractivity contribution < 1.29 is 18.3 Å². The van der Waals surface area contributed by atoms with Gasteiger partial charge in [0.15, 0.2) is 0 Å². The van der Waals surface area contributed by atoms with Crippen molar-refractivity contribution in [2.45, 2.75) is 37.6 Å². The highest BCUT2D eigenvalue weighted by Crippen LogP contribution is 2.29. The van der Waals surface area contributed by atoms with Crippen LogP contribution in [0.15, 0.2) is 23.1 Å². The number of sulfonamides is 1.